The molecule has 0 fully saturated rings. The fraction of sp³-hybridized carbons (Fsp3) is 0.529. The molecule has 0 saturated carbocycles. The molecule has 0 aliphatic carbocycles. The number of aromatic amines is 1. The van der Waals surface area contributed by atoms with Crippen molar-refractivity contribution in [2.75, 3.05) is 26.2 Å². The zero-order valence-electron chi connectivity index (χ0n) is 13.6. The highest BCUT2D eigenvalue weighted by molar-refractivity contribution is 5.84. The van der Waals surface area contributed by atoms with Crippen LogP contribution in [0, 0.1) is 20.8 Å². The molecule has 1 aromatic heterocycles. The lowest BCUT2D eigenvalue weighted by atomic mass is 10.1. The summed E-state index contributed by atoms with van der Waals surface area (Å²) in [4.78, 5) is 5.66. The van der Waals surface area contributed by atoms with Crippen molar-refractivity contribution in [3.63, 3.8) is 0 Å². The molecule has 2 rings (SSSR count). The van der Waals surface area contributed by atoms with E-state index in [2.05, 4.69) is 62.7 Å². The molecule has 3 nitrogen and oxygen atoms in total. The average Bonchev–Trinajstić information content (AvgIpc) is 2.72. The maximum Gasteiger partial charge on any atom is 0.0458 e. The predicted molar refractivity (Wildman–Crippen MR) is 89.4 cm³/mol. The van der Waals surface area contributed by atoms with Gasteiger partial charge in [0.25, 0.3) is 0 Å². The van der Waals surface area contributed by atoms with Crippen molar-refractivity contribution in [1.82, 2.24) is 9.88 Å². The Morgan fingerprint density at radius 2 is 1.75 bits per heavy atom. The maximum absolute atomic E-state index is 5.34. The lowest BCUT2D eigenvalue weighted by Crippen LogP contribution is -2.28. The van der Waals surface area contributed by atoms with Gasteiger partial charge in [-0.2, -0.15) is 0 Å². The lowest BCUT2D eigenvalue weighted by molar-refractivity contribution is 0.312. The summed E-state index contributed by atoms with van der Waals surface area (Å²) in [6.07, 6.45) is 0. The third kappa shape index (κ3) is 4.36. The second kappa shape index (κ2) is 8.08. The summed E-state index contributed by atoms with van der Waals surface area (Å²) in [5.41, 5.74) is 10.6. The Balaban J connectivity index is 0.000000221. The van der Waals surface area contributed by atoms with Gasteiger partial charge in [0.1, 0.15) is 0 Å². The minimum atomic E-state index is 0.779. The predicted octanol–water partition coefficient (Wildman–Crippen LogP) is 3.38. The highest BCUT2D eigenvalue weighted by Gasteiger charge is 2.02. The molecule has 1 aromatic carbocycles. The van der Waals surface area contributed by atoms with Crippen LogP contribution in [-0.4, -0.2) is 36.1 Å². The van der Waals surface area contributed by atoms with Crippen LogP contribution in [0.2, 0.25) is 0 Å². The first-order valence-corrected chi connectivity index (χ1v) is 7.51. The van der Waals surface area contributed by atoms with Gasteiger partial charge < -0.3 is 15.6 Å². The Morgan fingerprint density at radius 3 is 2.25 bits per heavy atom. The number of fused-ring (bicyclic) bond motifs is 1. The molecule has 0 radical (unpaired) electrons. The summed E-state index contributed by atoms with van der Waals surface area (Å²) in [6, 6.07) is 6.51. The molecule has 3 heteroatoms. The van der Waals surface area contributed by atoms with Crippen molar-refractivity contribution in [3.8, 4) is 0 Å². The van der Waals surface area contributed by atoms with Crippen molar-refractivity contribution < 1.29 is 0 Å². The molecule has 0 unspecified atom stereocenters. The summed E-state index contributed by atoms with van der Waals surface area (Å²) in [6.45, 7) is 14.8. The van der Waals surface area contributed by atoms with E-state index in [9.17, 15) is 0 Å². The number of H-pyrrole nitrogens is 1. The third-order valence-corrected chi connectivity index (χ3v) is 3.80. The molecule has 0 bridgehead atoms. The van der Waals surface area contributed by atoms with Crippen LogP contribution in [0.15, 0.2) is 18.2 Å². The smallest absolute Gasteiger partial charge is 0.0458 e. The fourth-order valence-electron chi connectivity index (χ4n) is 2.30. The molecule has 3 N–H and O–H groups in total. The zero-order valence-corrected chi connectivity index (χ0v) is 13.6. The summed E-state index contributed by atoms with van der Waals surface area (Å²) < 4.78 is 0. The van der Waals surface area contributed by atoms with Crippen LogP contribution in [0.4, 0.5) is 0 Å². The van der Waals surface area contributed by atoms with Crippen LogP contribution in [-0.2, 0) is 0 Å². The Bertz CT molecular complexity index is 524. The van der Waals surface area contributed by atoms with Crippen LogP contribution in [0.1, 0.15) is 30.7 Å². The number of nitrogens with two attached hydrogens (primary N) is 1. The number of nitrogens with zero attached hydrogens (tertiary/aromatic N) is 1. The van der Waals surface area contributed by atoms with Crippen LogP contribution < -0.4 is 5.73 Å². The van der Waals surface area contributed by atoms with E-state index in [1.165, 1.54) is 27.7 Å². The molecule has 0 amide bonds. The second-order valence-corrected chi connectivity index (χ2v) is 5.24. The molecule has 20 heavy (non-hydrogen) atoms. The molecule has 0 aliphatic rings. The Labute approximate surface area is 123 Å². The van der Waals surface area contributed by atoms with Crippen molar-refractivity contribution in [1.29, 1.82) is 0 Å². The van der Waals surface area contributed by atoms with E-state index in [-0.39, 0.29) is 0 Å². The number of aryl methyl sites for hydroxylation is 3. The topological polar surface area (TPSA) is 45.0 Å². The van der Waals surface area contributed by atoms with Gasteiger partial charge in [-0.15, -0.1) is 0 Å². The molecule has 0 atom stereocenters. The molecule has 0 spiro atoms. The average molecular weight is 275 g/mol. The molecule has 0 aliphatic heterocycles. The molecule has 1 heterocycles. The van der Waals surface area contributed by atoms with E-state index in [0.717, 1.165) is 26.2 Å². The van der Waals surface area contributed by atoms with Crippen LogP contribution in [0.25, 0.3) is 10.9 Å². The van der Waals surface area contributed by atoms with Gasteiger partial charge in [0, 0.05) is 29.7 Å². The molecule has 2 aromatic rings. The number of benzene rings is 1. The van der Waals surface area contributed by atoms with E-state index in [1.54, 1.807) is 0 Å². The number of hydrogen-bond acceptors (Lipinski definition) is 2. The summed E-state index contributed by atoms with van der Waals surface area (Å²) in [7, 11) is 0. The van der Waals surface area contributed by atoms with Gasteiger partial charge in [0.2, 0.25) is 0 Å². The number of likely N-dealkylation sites (N-methyl/N-ethyl adjacent to an activating group) is 1. The van der Waals surface area contributed by atoms with Crippen LogP contribution >= 0.6 is 0 Å². The summed E-state index contributed by atoms with van der Waals surface area (Å²) >= 11 is 0. The quantitative estimate of drug-likeness (QED) is 0.898. The van der Waals surface area contributed by atoms with Crippen molar-refractivity contribution >= 4 is 10.9 Å². The molecular weight excluding hydrogens is 246 g/mol. The molecule has 112 valence electrons. The fourth-order valence-corrected chi connectivity index (χ4v) is 2.30. The van der Waals surface area contributed by atoms with Crippen molar-refractivity contribution in [3.05, 3.63) is 35.0 Å². The van der Waals surface area contributed by atoms with E-state index in [1.807, 2.05) is 0 Å². The summed E-state index contributed by atoms with van der Waals surface area (Å²) in [5.74, 6) is 0. The lowest BCUT2D eigenvalue weighted by Gasteiger charge is -2.15. The van der Waals surface area contributed by atoms with E-state index >= 15 is 0 Å². The zero-order chi connectivity index (χ0) is 15.1. The first-order chi connectivity index (χ1) is 9.53. The van der Waals surface area contributed by atoms with E-state index in [0.29, 0.717) is 0 Å². The molecule has 0 saturated heterocycles. The van der Waals surface area contributed by atoms with Crippen molar-refractivity contribution in [2.24, 2.45) is 5.73 Å². The minimum absolute atomic E-state index is 0.779. The van der Waals surface area contributed by atoms with Gasteiger partial charge in [0.05, 0.1) is 0 Å². The van der Waals surface area contributed by atoms with Crippen LogP contribution in [0.5, 0.6) is 0 Å². The first-order valence-electron chi connectivity index (χ1n) is 7.51. The minimum Gasteiger partial charge on any atom is -0.358 e. The van der Waals surface area contributed by atoms with Crippen molar-refractivity contribution in [2.45, 2.75) is 34.6 Å². The maximum atomic E-state index is 5.34. The van der Waals surface area contributed by atoms with Crippen LogP contribution in [0.3, 0.4) is 0 Å². The highest BCUT2D eigenvalue weighted by Crippen LogP contribution is 2.21. The normalized spacial score (nSPS) is 10.8. The number of nitrogens with one attached hydrogen (secondary N) is 1. The Morgan fingerprint density at radius 1 is 1.10 bits per heavy atom. The third-order valence-electron chi connectivity index (χ3n) is 3.80. The van der Waals surface area contributed by atoms with Gasteiger partial charge in [0.15, 0.2) is 0 Å². The largest absolute Gasteiger partial charge is 0.358 e. The van der Waals surface area contributed by atoms with E-state index < -0.39 is 0 Å². The number of rotatable bonds is 4. The van der Waals surface area contributed by atoms with Gasteiger partial charge in [-0.3, -0.25) is 0 Å². The Kier molecular flexibility index (Phi) is 6.76. The second-order valence-electron chi connectivity index (χ2n) is 5.24. The highest BCUT2D eigenvalue weighted by atomic mass is 15.1. The summed E-state index contributed by atoms with van der Waals surface area (Å²) in [5, 5.41) is 1.35. The number of aromatic nitrogens is 1. The Hall–Kier alpha value is -1.32. The van der Waals surface area contributed by atoms with Gasteiger partial charge in [-0.1, -0.05) is 25.5 Å². The van der Waals surface area contributed by atoms with E-state index in [4.69, 9.17) is 5.73 Å². The monoisotopic (exact) mass is 275 g/mol. The number of hydrogen-bond donors (Lipinski definition) is 2. The first kappa shape index (κ1) is 16.7. The van der Waals surface area contributed by atoms with Gasteiger partial charge in [-0.25, -0.2) is 0 Å². The van der Waals surface area contributed by atoms with Gasteiger partial charge >= 0.3 is 0 Å². The SMILES string of the molecule is CCN(CC)CCN.Cc1ccc2[nH]c(C)c(C)c2c1. The van der Waals surface area contributed by atoms with Gasteiger partial charge in [-0.05, 0) is 51.6 Å². The standard InChI is InChI=1S/C11H13N.C6H16N2/c1-7-4-5-11-10(6-7)8(2)9(3)12-11;1-3-8(4-2)6-5-7/h4-6,12H,1-3H3;3-7H2,1-2H3. The molecular formula is C17H29N3.